The molecule has 0 amide bonds. The van der Waals surface area contributed by atoms with Gasteiger partial charge in [-0.25, -0.2) is 0 Å². The van der Waals surface area contributed by atoms with E-state index in [-0.39, 0.29) is 6.29 Å². The molecule has 0 aliphatic carbocycles. The van der Waals surface area contributed by atoms with Gasteiger partial charge in [-0.15, -0.1) is 0 Å². The minimum absolute atomic E-state index is 0.0869. The fraction of sp³-hybridized carbons (Fsp3) is 0.800. The summed E-state index contributed by atoms with van der Waals surface area (Å²) in [7, 11) is 0. The zero-order valence-corrected chi connectivity index (χ0v) is 5.21. The van der Waals surface area contributed by atoms with Crippen molar-refractivity contribution >= 4 is 6.29 Å². The van der Waals surface area contributed by atoms with Crippen molar-refractivity contribution in [2.24, 2.45) is 0 Å². The normalized spacial score (nSPS) is 19.6. The molecule has 0 aliphatic heterocycles. The first kappa shape index (κ1) is 9.51. The summed E-state index contributed by atoms with van der Waals surface area (Å²) in [5.74, 6) is 0. The molecule has 5 heteroatoms. The molecular formula is C5H10O5. The summed E-state index contributed by atoms with van der Waals surface area (Å²) in [6.07, 6.45) is -4.63. The number of carbonyl (C=O) groups is 1. The highest BCUT2D eigenvalue weighted by molar-refractivity contribution is 5.56. The standard InChI is InChI=1S/C5H10O5/c6-1-3(8)5(10)4(9)2-7/h1,3-5,7-10H,2H2/t3-,4+,5+/m1/s1. The lowest BCUT2D eigenvalue weighted by molar-refractivity contribution is -0.127. The van der Waals surface area contributed by atoms with Crippen LogP contribution < -0.4 is 0 Å². The molecule has 0 spiro atoms. The van der Waals surface area contributed by atoms with E-state index in [1.54, 1.807) is 0 Å². The van der Waals surface area contributed by atoms with Gasteiger partial charge in [-0.1, -0.05) is 0 Å². The van der Waals surface area contributed by atoms with Crippen molar-refractivity contribution in [3.63, 3.8) is 0 Å². The van der Waals surface area contributed by atoms with E-state index in [4.69, 9.17) is 20.4 Å². The number of hydrogen-bond acceptors (Lipinski definition) is 5. The topological polar surface area (TPSA) is 98.0 Å². The lowest BCUT2D eigenvalue weighted by atomic mass is 10.1. The highest BCUT2D eigenvalue weighted by Crippen LogP contribution is 1.96. The molecule has 0 aliphatic rings. The summed E-state index contributed by atoms with van der Waals surface area (Å²) < 4.78 is 0. The third kappa shape index (κ3) is 2.40. The Kier molecular flexibility index (Phi) is 4.13. The minimum atomic E-state index is -1.64. The Bertz CT molecular complexity index is 104. The van der Waals surface area contributed by atoms with Gasteiger partial charge in [-0.2, -0.15) is 0 Å². The van der Waals surface area contributed by atoms with E-state index < -0.39 is 24.9 Å². The highest BCUT2D eigenvalue weighted by Gasteiger charge is 2.22. The van der Waals surface area contributed by atoms with Gasteiger partial charge in [-0.05, 0) is 0 Å². The van der Waals surface area contributed by atoms with Crippen LogP contribution in [-0.4, -0.2) is 51.6 Å². The van der Waals surface area contributed by atoms with Crippen LogP contribution in [0, 0.1) is 0 Å². The van der Waals surface area contributed by atoms with Crippen molar-refractivity contribution in [1.29, 1.82) is 0 Å². The summed E-state index contributed by atoms with van der Waals surface area (Å²) in [6, 6.07) is 0. The van der Waals surface area contributed by atoms with Crippen LogP contribution in [-0.2, 0) is 4.79 Å². The van der Waals surface area contributed by atoms with Gasteiger partial charge in [0.2, 0.25) is 0 Å². The molecule has 0 saturated carbocycles. The largest absolute Gasteiger partial charge is 0.394 e. The van der Waals surface area contributed by atoms with E-state index in [1.807, 2.05) is 0 Å². The molecule has 0 unspecified atom stereocenters. The second kappa shape index (κ2) is 4.35. The second-order valence-corrected chi connectivity index (χ2v) is 1.87. The van der Waals surface area contributed by atoms with Crippen molar-refractivity contribution in [2.45, 2.75) is 18.3 Å². The fourth-order valence-electron chi connectivity index (χ4n) is 0.416. The van der Waals surface area contributed by atoms with E-state index in [2.05, 4.69) is 0 Å². The number of aliphatic hydroxyl groups is 4. The summed E-state index contributed by atoms with van der Waals surface area (Å²) >= 11 is 0. The van der Waals surface area contributed by atoms with Gasteiger partial charge in [0.1, 0.15) is 18.3 Å². The quantitative estimate of drug-likeness (QED) is 0.326. The average molecular weight is 150 g/mol. The first-order chi connectivity index (χ1) is 4.63. The molecule has 10 heavy (non-hydrogen) atoms. The van der Waals surface area contributed by atoms with Crippen LogP contribution in [0.25, 0.3) is 0 Å². The third-order valence-electron chi connectivity index (χ3n) is 1.07. The Balaban J connectivity index is 3.80. The number of hydrogen-bond donors (Lipinski definition) is 4. The number of rotatable bonds is 4. The Morgan fingerprint density at radius 2 is 1.80 bits per heavy atom. The van der Waals surface area contributed by atoms with Crippen LogP contribution in [0.3, 0.4) is 0 Å². The van der Waals surface area contributed by atoms with Gasteiger partial charge in [0.05, 0.1) is 6.61 Å². The smallest absolute Gasteiger partial charge is 0.151 e. The first-order valence-corrected chi connectivity index (χ1v) is 2.73. The van der Waals surface area contributed by atoms with Gasteiger partial charge < -0.3 is 25.2 Å². The molecule has 0 aromatic rings. The lowest BCUT2D eigenvalue weighted by Crippen LogP contribution is -2.40. The summed E-state index contributed by atoms with van der Waals surface area (Å²) in [5, 5.41) is 34.1. The van der Waals surface area contributed by atoms with Crippen molar-refractivity contribution in [2.75, 3.05) is 6.61 Å². The Hall–Kier alpha value is -0.490. The van der Waals surface area contributed by atoms with Crippen molar-refractivity contribution in [3.05, 3.63) is 0 Å². The average Bonchev–Trinajstić information content (AvgIpc) is 2.00. The van der Waals surface area contributed by atoms with Gasteiger partial charge in [0, 0.05) is 0 Å². The molecule has 0 heterocycles. The van der Waals surface area contributed by atoms with Gasteiger partial charge in [0.25, 0.3) is 0 Å². The summed E-state index contributed by atoms with van der Waals surface area (Å²) in [4.78, 5) is 9.76. The van der Waals surface area contributed by atoms with Crippen LogP contribution >= 0.6 is 0 Å². The van der Waals surface area contributed by atoms with E-state index in [1.165, 1.54) is 0 Å². The maximum Gasteiger partial charge on any atom is 0.151 e. The van der Waals surface area contributed by atoms with Gasteiger partial charge in [-0.3, -0.25) is 0 Å². The van der Waals surface area contributed by atoms with Gasteiger partial charge >= 0.3 is 0 Å². The zero-order chi connectivity index (χ0) is 8.15. The predicted octanol–water partition coefficient (Wildman–Crippen LogP) is -2.74. The molecule has 3 atom stereocenters. The SMILES string of the molecule is O=C[C@@H](O)[C@H](O)[C@@H](O)CO. The monoisotopic (exact) mass is 150 g/mol. The number of aliphatic hydroxyl groups excluding tert-OH is 4. The molecule has 0 saturated heterocycles. The number of aldehydes is 1. The molecule has 0 fully saturated rings. The molecule has 5 nitrogen and oxygen atoms in total. The number of carbonyl (C=O) groups excluding carboxylic acids is 1. The van der Waals surface area contributed by atoms with E-state index in [9.17, 15) is 4.79 Å². The lowest BCUT2D eigenvalue weighted by Gasteiger charge is -2.16. The third-order valence-corrected chi connectivity index (χ3v) is 1.07. The van der Waals surface area contributed by atoms with Gasteiger partial charge in [0.15, 0.2) is 6.29 Å². The van der Waals surface area contributed by atoms with E-state index >= 15 is 0 Å². The molecule has 0 aromatic carbocycles. The molecule has 4 N–H and O–H groups in total. The minimum Gasteiger partial charge on any atom is -0.394 e. The highest BCUT2D eigenvalue weighted by atomic mass is 16.4. The Morgan fingerprint density at radius 3 is 2.10 bits per heavy atom. The molecule has 0 radical (unpaired) electrons. The zero-order valence-electron chi connectivity index (χ0n) is 5.21. The Morgan fingerprint density at radius 1 is 1.30 bits per heavy atom. The maximum atomic E-state index is 9.76. The summed E-state index contributed by atoms with van der Waals surface area (Å²) in [5.41, 5.74) is 0. The molecule has 0 bridgehead atoms. The Labute approximate surface area is 57.5 Å². The van der Waals surface area contributed by atoms with Crippen LogP contribution in [0.2, 0.25) is 0 Å². The van der Waals surface area contributed by atoms with E-state index in [0.717, 1.165) is 0 Å². The maximum absolute atomic E-state index is 9.76. The molecule has 0 aromatic heterocycles. The van der Waals surface area contributed by atoms with E-state index in [0.29, 0.717) is 0 Å². The summed E-state index contributed by atoms with van der Waals surface area (Å²) in [6.45, 7) is -0.688. The van der Waals surface area contributed by atoms with Crippen LogP contribution in [0.4, 0.5) is 0 Å². The molecular weight excluding hydrogens is 140 g/mol. The van der Waals surface area contributed by atoms with Crippen molar-refractivity contribution in [1.82, 2.24) is 0 Å². The first-order valence-electron chi connectivity index (χ1n) is 2.73. The molecule has 0 rings (SSSR count). The van der Waals surface area contributed by atoms with Crippen LogP contribution in [0.15, 0.2) is 0 Å². The van der Waals surface area contributed by atoms with Crippen LogP contribution in [0.1, 0.15) is 0 Å². The van der Waals surface area contributed by atoms with Crippen LogP contribution in [0.5, 0.6) is 0 Å². The fourth-order valence-corrected chi connectivity index (χ4v) is 0.416. The van der Waals surface area contributed by atoms with Crippen molar-refractivity contribution in [3.8, 4) is 0 Å². The second-order valence-electron chi connectivity index (χ2n) is 1.87. The molecule has 60 valence electrons. The van der Waals surface area contributed by atoms with Crippen molar-refractivity contribution < 1.29 is 25.2 Å². The predicted molar refractivity (Wildman–Crippen MR) is 31.2 cm³/mol.